The van der Waals surface area contributed by atoms with Gasteiger partial charge in [-0.05, 0) is 17.7 Å². The van der Waals surface area contributed by atoms with Gasteiger partial charge in [-0.25, -0.2) is 4.79 Å². The Balaban J connectivity index is 2.23. The normalized spacial score (nSPS) is 11.3. The number of carboxylic acid groups (broad SMARTS) is 1. The molecule has 0 aromatic heterocycles. The molecule has 0 fully saturated rings. The number of ether oxygens (including phenoxy) is 1. The lowest BCUT2D eigenvalue weighted by atomic mass is 10.1. The lowest BCUT2D eigenvalue weighted by molar-refractivity contribution is -0.396. The molecule has 0 saturated heterocycles. The van der Waals surface area contributed by atoms with E-state index in [9.17, 15) is 34.9 Å². The van der Waals surface area contributed by atoms with Gasteiger partial charge in [0.15, 0.2) is 0 Å². The van der Waals surface area contributed by atoms with Gasteiger partial charge in [-0.3, -0.25) is 25.0 Å². The van der Waals surface area contributed by atoms with Crippen LogP contribution in [0.4, 0.5) is 11.4 Å². The topological polar surface area (TPSA) is 182 Å². The van der Waals surface area contributed by atoms with E-state index in [4.69, 9.17) is 9.84 Å². The first-order chi connectivity index (χ1) is 13.6. The van der Waals surface area contributed by atoms with E-state index in [1.807, 2.05) is 0 Å². The minimum atomic E-state index is -1.20. The number of amides is 1. The number of phenolic OH excluding ortho intramolecular Hbond substituents is 1. The van der Waals surface area contributed by atoms with Crippen molar-refractivity contribution in [3.05, 3.63) is 62.2 Å². The van der Waals surface area contributed by atoms with Gasteiger partial charge in [-0.2, -0.15) is 0 Å². The predicted molar refractivity (Wildman–Crippen MR) is 96.9 cm³/mol. The molecule has 0 radical (unpaired) electrons. The van der Waals surface area contributed by atoms with Crippen molar-refractivity contribution >= 4 is 23.3 Å². The van der Waals surface area contributed by atoms with Crippen molar-refractivity contribution < 1.29 is 34.4 Å². The molecular formula is C17H15N3O9. The van der Waals surface area contributed by atoms with Crippen molar-refractivity contribution in [2.45, 2.75) is 19.4 Å². The van der Waals surface area contributed by atoms with E-state index in [0.717, 1.165) is 12.1 Å². The summed E-state index contributed by atoms with van der Waals surface area (Å²) in [4.78, 5) is 42.2. The Morgan fingerprint density at radius 2 is 1.59 bits per heavy atom. The minimum Gasteiger partial charge on any atom is -0.497 e. The van der Waals surface area contributed by atoms with E-state index >= 15 is 0 Å². The van der Waals surface area contributed by atoms with Crippen LogP contribution in [-0.2, 0) is 16.0 Å². The molecule has 2 aromatic rings. The van der Waals surface area contributed by atoms with Crippen LogP contribution in [0.1, 0.15) is 12.5 Å². The van der Waals surface area contributed by atoms with Crippen LogP contribution in [0.2, 0.25) is 0 Å². The second-order valence-corrected chi connectivity index (χ2v) is 5.87. The maximum absolute atomic E-state index is 11.2. The number of phenols is 1. The fourth-order valence-electron chi connectivity index (χ4n) is 2.43. The van der Waals surface area contributed by atoms with Crippen LogP contribution in [0.3, 0.4) is 0 Å². The SMILES string of the molecule is CC(=O)N[C@H](Cc1ccc(Oc2cc([N+](=O)[O-])c(O)c([N+](=O)[O-])c2)cc1)C(=O)O. The van der Waals surface area contributed by atoms with Crippen LogP contribution in [-0.4, -0.2) is 38.0 Å². The number of aromatic hydroxyl groups is 1. The van der Waals surface area contributed by atoms with Crippen LogP contribution in [0.25, 0.3) is 0 Å². The van der Waals surface area contributed by atoms with E-state index in [-0.39, 0.29) is 17.9 Å². The van der Waals surface area contributed by atoms with Gasteiger partial charge in [0.2, 0.25) is 5.91 Å². The second-order valence-electron chi connectivity index (χ2n) is 5.87. The third kappa shape index (κ3) is 5.38. The zero-order valence-corrected chi connectivity index (χ0v) is 14.9. The van der Waals surface area contributed by atoms with Gasteiger partial charge in [0.1, 0.15) is 17.5 Å². The summed E-state index contributed by atoms with van der Waals surface area (Å²) in [6, 6.07) is 6.42. The van der Waals surface area contributed by atoms with Crippen LogP contribution in [0.15, 0.2) is 36.4 Å². The number of carbonyl (C=O) groups excluding carboxylic acids is 1. The molecular weight excluding hydrogens is 390 g/mol. The van der Waals surface area contributed by atoms with Crippen LogP contribution < -0.4 is 10.1 Å². The molecule has 12 nitrogen and oxygen atoms in total. The molecule has 0 aliphatic heterocycles. The van der Waals surface area contributed by atoms with Crippen molar-refractivity contribution in [1.82, 2.24) is 5.32 Å². The molecule has 0 unspecified atom stereocenters. The quantitative estimate of drug-likeness (QED) is 0.437. The molecule has 2 rings (SSSR count). The van der Waals surface area contributed by atoms with Gasteiger partial charge >= 0.3 is 17.3 Å². The summed E-state index contributed by atoms with van der Waals surface area (Å²) < 4.78 is 5.38. The summed E-state index contributed by atoms with van der Waals surface area (Å²) in [7, 11) is 0. The molecule has 2 aromatic carbocycles. The fourth-order valence-corrected chi connectivity index (χ4v) is 2.43. The number of hydrogen-bond acceptors (Lipinski definition) is 8. The van der Waals surface area contributed by atoms with Gasteiger partial charge in [0, 0.05) is 13.3 Å². The molecule has 0 spiro atoms. The predicted octanol–water partition coefficient (Wildman–Crippen LogP) is 2.13. The number of nitrogens with zero attached hydrogens (tertiary/aromatic N) is 2. The van der Waals surface area contributed by atoms with Crippen LogP contribution in [0.5, 0.6) is 17.2 Å². The Kier molecular flexibility index (Phi) is 6.29. The van der Waals surface area contributed by atoms with Crippen molar-refractivity contribution in [3.8, 4) is 17.2 Å². The van der Waals surface area contributed by atoms with Crippen molar-refractivity contribution in [1.29, 1.82) is 0 Å². The third-order valence-electron chi connectivity index (χ3n) is 3.71. The first kappa shape index (κ1) is 21.1. The maximum Gasteiger partial charge on any atom is 0.326 e. The Bertz CT molecular complexity index is 938. The highest BCUT2D eigenvalue weighted by molar-refractivity contribution is 5.82. The highest BCUT2D eigenvalue weighted by Gasteiger charge is 2.27. The number of benzene rings is 2. The third-order valence-corrected chi connectivity index (χ3v) is 3.71. The number of aliphatic carboxylic acids is 1. The largest absolute Gasteiger partial charge is 0.497 e. The number of nitro groups is 2. The molecule has 0 heterocycles. The number of carbonyl (C=O) groups is 2. The average molecular weight is 405 g/mol. The Hall–Kier alpha value is -4.22. The number of hydrogen-bond donors (Lipinski definition) is 3. The van der Waals surface area contributed by atoms with E-state index in [0.29, 0.717) is 5.56 Å². The highest BCUT2D eigenvalue weighted by Crippen LogP contribution is 2.40. The van der Waals surface area contributed by atoms with Gasteiger partial charge < -0.3 is 20.3 Å². The summed E-state index contributed by atoms with van der Waals surface area (Å²) in [6.07, 6.45) is 0.00530. The Morgan fingerprint density at radius 3 is 2.00 bits per heavy atom. The number of nitro benzene ring substituents is 2. The molecule has 1 amide bonds. The molecule has 29 heavy (non-hydrogen) atoms. The summed E-state index contributed by atoms with van der Waals surface area (Å²) >= 11 is 0. The van der Waals surface area contributed by atoms with Crippen molar-refractivity contribution in [2.24, 2.45) is 0 Å². The van der Waals surface area contributed by atoms with Gasteiger partial charge in [-0.15, -0.1) is 0 Å². The number of rotatable bonds is 8. The fraction of sp³-hybridized carbons (Fsp3) is 0.176. The molecule has 0 bridgehead atoms. The zero-order chi connectivity index (χ0) is 21.7. The van der Waals surface area contributed by atoms with Crippen LogP contribution >= 0.6 is 0 Å². The second kappa shape index (κ2) is 8.65. The number of carboxylic acids is 1. The standard InChI is InChI=1S/C17H15N3O9/c1-9(21)18-13(17(23)24)6-10-2-4-11(5-3-10)29-12-7-14(19(25)26)16(22)15(8-12)20(27)28/h2-5,7-8,13,22H,6H2,1H3,(H,18,21)(H,23,24)/t13-/m1/s1. The molecule has 0 aliphatic rings. The van der Waals surface area contributed by atoms with E-state index in [1.54, 1.807) is 0 Å². The molecule has 3 N–H and O–H groups in total. The molecule has 152 valence electrons. The average Bonchev–Trinajstić information content (AvgIpc) is 2.63. The minimum absolute atomic E-state index is 0.00530. The smallest absolute Gasteiger partial charge is 0.326 e. The van der Waals surface area contributed by atoms with E-state index in [1.165, 1.54) is 31.2 Å². The van der Waals surface area contributed by atoms with Crippen molar-refractivity contribution in [2.75, 3.05) is 0 Å². The summed E-state index contributed by atoms with van der Waals surface area (Å²) in [5, 5.41) is 43.0. The highest BCUT2D eigenvalue weighted by atomic mass is 16.6. The molecule has 0 aliphatic carbocycles. The summed E-state index contributed by atoms with van der Waals surface area (Å²) in [5.41, 5.74) is -1.21. The van der Waals surface area contributed by atoms with E-state index in [2.05, 4.69) is 5.32 Å². The van der Waals surface area contributed by atoms with Crippen molar-refractivity contribution in [3.63, 3.8) is 0 Å². The monoisotopic (exact) mass is 405 g/mol. The molecule has 0 saturated carbocycles. The lowest BCUT2D eigenvalue weighted by Gasteiger charge is -2.13. The van der Waals surface area contributed by atoms with Gasteiger partial charge in [0.25, 0.3) is 5.75 Å². The summed E-state index contributed by atoms with van der Waals surface area (Å²) in [5.74, 6) is -2.86. The Morgan fingerprint density at radius 1 is 1.07 bits per heavy atom. The first-order valence-corrected chi connectivity index (χ1v) is 8.01. The van der Waals surface area contributed by atoms with Gasteiger partial charge in [0.05, 0.1) is 22.0 Å². The lowest BCUT2D eigenvalue weighted by Crippen LogP contribution is -2.41. The molecule has 12 heteroatoms. The zero-order valence-electron chi connectivity index (χ0n) is 14.9. The Labute approximate surface area is 162 Å². The summed E-state index contributed by atoms with van der Waals surface area (Å²) in [6.45, 7) is 1.20. The van der Waals surface area contributed by atoms with Crippen LogP contribution in [0, 0.1) is 20.2 Å². The maximum atomic E-state index is 11.2. The number of nitrogens with one attached hydrogen (secondary N) is 1. The van der Waals surface area contributed by atoms with E-state index < -0.39 is 44.9 Å². The van der Waals surface area contributed by atoms with Gasteiger partial charge in [-0.1, -0.05) is 12.1 Å². The first-order valence-electron chi connectivity index (χ1n) is 8.01. The molecule has 1 atom stereocenters.